The fourth-order valence-electron chi connectivity index (χ4n) is 2.81. The Morgan fingerprint density at radius 3 is 2.56 bits per heavy atom. The molecule has 176 valence electrons. The van der Waals surface area contributed by atoms with E-state index in [0.29, 0.717) is 27.2 Å². The van der Waals surface area contributed by atoms with E-state index in [9.17, 15) is 14.0 Å². The summed E-state index contributed by atoms with van der Waals surface area (Å²) in [5, 5.41) is 6.55. The van der Waals surface area contributed by atoms with E-state index in [0.717, 1.165) is 5.56 Å². The molecule has 7 nitrogen and oxygen atoms in total. The highest BCUT2D eigenvalue weighted by Gasteiger charge is 2.15. The van der Waals surface area contributed by atoms with Gasteiger partial charge in [-0.05, 0) is 64.8 Å². The number of nitrogens with one attached hydrogen (secondary N) is 2. The molecular weight excluding hydrogens is 529 g/mol. The second-order valence-electron chi connectivity index (χ2n) is 7.04. The van der Waals surface area contributed by atoms with Gasteiger partial charge in [0.05, 0.1) is 22.8 Å². The number of nitrogens with zero attached hydrogens (tertiary/aromatic N) is 1. The maximum Gasteiger partial charge on any atom is 0.329 e. The molecule has 2 amide bonds. The van der Waals surface area contributed by atoms with Crippen LogP contribution in [-0.2, 0) is 16.2 Å². The molecule has 3 aromatic carbocycles. The van der Waals surface area contributed by atoms with Crippen LogP contribution in [0.2, 0.25) is 5.02 Å². The topological polar surface area (TPSA) is 89.0 Å². The quantitative estimate of drug-likeness (QED) is 0.241. The summed E-state index contributed by atoms with van der Waals surface area (Å²) in [6, 6.07) is 14.7. The average Bonchev–Trinajstić information content (AvgIpc) is 2.80. The molecule has 0 atom stereocenters. The highest BCUT2D eigenvalue weighted by molar-refractivity contribution is 9.10. The van der Waals surface area contributed by atoms with Crippen LogP contribution in [0.3, 0.4) is 0 Å². The molecule has 0 spiro atoms. The van der Waals surface area contributed by atoms with E-state index in [-0.39, 0.29) is 17.2 Å². The van der Waals surface area contributed by atoms with E-state index in [1.54, 1.807) is 30.3 Å². The van der Waals surface area contributed by atoms with Crippen LogP contribution >= 0.6 is 27.5 Å². The molecule has 2 N–H and O–H groups in total. The molecule has 3 aromatic rings. The zero-order chi connectivity index (χ0) is 24.7. The predicted molar refractivity (Wildman–Crippen MR) is 132 cm³/mol. The van der Waals surface area contributed by atoms with Crippen molar-refractivity contribution >= 4 is 51.2 Å². The highest BCUT2D eigenvalue weighted by atomic mass is 79.9. The molecule has 0 aromatic heterocycles. The lowest BCUT2D eigenvalue weighted by molar-refractivity contribution is -0.136. The van der Waals surface area contributed by atoms with Gasteiger partial charge in [-0.25, -0.2) is 9.82 Å². The van der Waals surface area contributed by atoms with Crippen LogP contribution in [0.5, 0.6) is 11.5 Å². The smallest absolute Gasteiger partial charge is 0.329 e. The summed E-state index contributed by atoms with van der Waals surface area (Å²) < 4.78 is 25.6. The number of rotatable bonds is 7. The summed E-state index contributed by atoms with van der Waals surface area (Å²) in [6.45, 7) is 1.80. The predicted octanol–water partition coefficient (Wildman–Crippen LogP) is 5.23. The molecule has 0 radical (unpaired) electrons. The summed E-state index contributed by atoms with van der Waals surface area (Å²) in [7, 11) is 1.45. The molecule has 0 saturated carbocycles. The van der Waals surface area contributed by atoms with Crippen molar-refractivity contribution in [3.8, 4) is 11.5 Å². The number of amides is 2. The minimum absolute atomic E-state index is 0.111. The molecule has 0 aliphatic carbocycles. The molecule has 0 aliphatic heterocycles. The van der Waals surface area contributed by atoms with Gasteiger partial charge in [-0.2, -0.15) is 5.10 Å². The minimum Gasteiger partial charge on any atom is -0.493 e. The van der Waals surface area contributed by atoms with Gasteiger partial charge < -0.3 is 14.8 Å². The van der Waals surface area contributed by atoms with E-state index in [1.807, 2.05) is 19.1 Å². The Hall–Kier alpha value is -3.43. The summed E-state index contributed by atoms with van der Waals surface area (Å²) >= 11 is 9.44. The number of aryl methyl sites for hydroxylation is 1. The number of carbonyl (C=O) groups excluding carboxylic acids is 2. The van der Waals surface area contributed by atoms with Crippen LogP contribution in [0.15, 0.2) is 64.2 Å². The Balaban J connectivity index is 1.64. The summed E-state index contributed by atoms with van der Waals surface area (Å²) in [5.74, 6) is -1.58. The van der Waals surface area contributed by atoms with Gasteiger partial charge in [0, 0.05) is 11.3 Å². The Morgan fingerprint density at radius 1 is 1.15 bits per heavy atom. The van der Waals surface area contributed by atoms with Crippen LogP contribution < -0.4 is 20.2 Å². The van der Waals surface area contributed by atoms with Gasteiger partial charge in [-0.1, -0.05) is 35.4 Å². The number of halogens is 3. The fraction of sp³-hybridized carbons (Fsp3) is 0.125. The average molecular weight is 549 g/mol. The molecule has 10 heteroatoms. The number of ether oxygens (including phenoxy) is 2. The molecule has 3 rings (SSSR count). The summed E-state index contributed by atoms with van der Waals surface area (Å²) in [5.41, 5.74) is 4.45. The van der Waals surface area contributed by atoms with Crippen molar-refractivity contribution in [2.24, 2.45) is 5.10 Å². The fourth-order valence-corrected chi connectivity index (χ4v) is 3.60. The number of carbonyl (C=O) groups is 2. The highest BCUT2D eigenvalue weighted by Crippen LogP contribution is 2.37. The van der Waals surface area contributed by atoms with Crippen LogP contribution in [0.25, 0.3) is 0 Å². The van der Waals surface area contributed by atoms with E-state index in [4.69, 9.17) is 21.1 Å². The van der Waals surface area contributed by atoms with Crippen molar-refractivity contribution in [3.63, 3.8) is 0 Å². The van der Waals surface area contributed by atoms with E-state index in [1.165, 1.54) is 25.5 Å². The number of anilines is 1. The first-order chi connectivity index (χ1) is 16.3. The third-order valence-electron chi connectivity index (χ3n) is 4.57. The van der Waals surface area contributed by atoms with Gasteiger partial charge in [0.25, 0.3) is 0 Å². The lowest BCUT2D eigenvalue weighted by Gasteiger charge is -2.14. The molecule has 0 aliphatic rings. The SMILES string of the molecule is COc1cc(C=NNC(=O)C(=O)Nc2ccc(C)cc2)cc(Br)c1OCc1c(F)cccc1Cl. The molecule has 0 bridgehead atoms. The van der Waals surface area contributed by atoms with Gasteiger partial charge in [-0.15, -0.1) is 0 Å². The molecule has 0 unspecified atom stereocenters. The number of hydrogen-bond acceptors (Lipinski definition) is 5. The Kier molecular flexibility index (Phi) is 8.61. The number of hydrazone groups is 1. The maximum absolute atomic E-state index is 14.0. The van der Waals surface area contributed by atoms with E-state index in [2.05, 4.69) is 31.8 Å². The van der Waals surface area contributed by atoms with E-state index >= 15 is 0 Å². The van der Waals surface area contributed by atoms with Crippen molar-refractivity contribution in [3.05, 3.63) is 86.6 Å². The van der Waals surface area contributed by atoms with Crippen LogP contribution in [0, 0.1) is 12.7 Å². The van der Waals surface area contributed by atoms with Crippen molar-refractivity contribution in [2.75, 3.05) is 12.4 Å². The zero-order valence-corrected chi connectivity index (χ0v) is 20.5. The number of methoxy groups -OCH3 is 1. The van der Waals surface area contributed by atoms with Gasteiger partial charge in [-0.3, -0.25) is 9.59 Å². The minimum atomic E-state index is -0.926. The number of hydrogen-bond donors (Lipinski definition) is 2. The van der Waals surface area contributed by atoms with Crippen molar-refractivity contribution in [1.29, 1.82) is 0 Å². The van der Waals surface area contributed by atoms with Crippen molar-refractivity contribution in [1.82, 2.24) is 5.43 Å². The van der Waals surface area contributed by atoms with Crippen LogP contribution in [-0.4, -0.2) is 25.1 Å². The molecule has 0 fully saturated rings. The summed E-state index contributed by atoms with van der Waals surface area (Å²) in [6.07, 6.45) is 1.34. The third kappa shape index (κ3) is 6.55. The van der Waals surface area contributed by atoms with Gasteiger partial charge in [0.1, 0.15) is 12.4 Å². The molecule has 34 heavy (non-hydrogen) atoms. The lowest BCUT2D eigenvalue weighted by atomic mass is 10.2. The monoisotopic (exact) mass is 547 g/mol. The van der Waals surface area contributed by atoms with Crippen LogP contribution in [0.1, 0.15) is 16.7 Å². The second kappa shape index (κ2) is 11.6. The molecular formula is C24H20BrClFN3O4. The molecule has 0 saturated heterocycles. The van der Waals surface area contributed by atoms with Gasteiger partial charge >= 0.3 is 11.8 Å². The standard InChI is InChI=1S/C24H20BrClFN3O4/c1-14-6-8-16(9-7-14)29-23(31)24(32)30-28-12-15-10-18(25)22(21(11-15)33-2)34-13-17-19(26)4-3-5-20(17)27/h3-12H,13H2,1-2H3,(H,29,31)(H,30,32). The zero-order valence-electron chi connectivity index (χ0n) is 18.2. The first-order valence-electron chi connectivity index (χ1n) is 9.92. The van der Waals surface area contributed by atoms with Crippen molar-refractivity contribution in [2.45, 2.75) is 13.5 Å². The van der Waals surface area contributed by atoms with Crippen molar-refractivity contribution < 1.29 is 23.5 Å². The number of benzene rings is 3. The Morgan fingerprint density at radius 2 is 1.88 bits per heavy atom. The van der Waals surface area contributed by atoms with E-state index < -0.39 is 17.6 Å². The maximum atomic E-state index is 14.0. The van der Waals surface area contributed by atoms with Crippen LogP contribution in [0.4, 0.5) is 10.1 Å². The molecule has 0 heterocycles. The third-order valence-corrected chi connectivity index (χ3v) is 5.51. The largest absolute Gasteiger partial charge is 0.493 e. The summed E-state index contributed by atoms with van der Waals surface area (Å²) in [4.78, 5) is 24.0. The van der Waals surface area contributed by atoms with Gasteiger partial charge in [0.15, 0.2) is 11.5 Å². The normalized spacial score (nSPS) is 10.7. The Bertz CT molecular complexity index is 1220. The first kappa shape index (κ1) is 25.2. The first-order valence-corrected chi connectivity index (χ1v) is 11.1. The Labute approximate surface area is 209 Å². The van der Waals surface area contributed by atoms with Gasteiger partial charge in [0.2, 0.25) is 0 Å². The second-order valence-corrected chi connectivity index (χ2v) is 8.30. The lowest BCUT2D eigenvalue weighted by Crippen LogP contribution is -2.32.